The van der Waals surface area contributed by atoms with Gasteiger partial charge >= 0.3 is 0 Å². The van der Waals surface area contributed by atoms with Crippen LogP contribution in [0.2, 0.25) is 0 Å². The zero-order valence-electron chi connectivity index (χ0n) is 8.30. The molecule has 0 bridgehead atoms. The van der Waals surface area contributed by atoms with Gasteiger partial charge in [0.05, 0.1) is 4.47 Å². The van der Waals surface area contributed by atoms with Crippen molar-refractivity contribution in [3.05, 3.63) is 28.5 Å². The lowest BCUT2D eigenvalue weighted by Crippen LogP contribution is -2.37. The third-order valence-electron chi connectivity index (χ3n) is 2.44. The molecule has 1 aliphatic rings. The minimum absolute atomic E-state index is 0.195. The zero-order valence-corrected chi connectivity index (χ0v) is 9.89. The number of rotatable bonds is 2. The van der Waals surface area contributed by atoms with Crippen LogP contribution in [0.15, 0.2) is 22.7 Å². The molecule has 1 atom stereocenters. The van der Waals surface area contributed by atoms with Gasteiger partial charge < -0.3 is 10.1 Å². The van der Waals surface area contributed by atoms with Crippen molar-refractivity contribution < 1.29 is 9.13 Å². The van der Waals surface area contributed by atoms with Crippen LogP contribution in [0.1, 0.15) is 12.8 Å². The molecule has 0 amide bonds. The molecule has 82 valence electrons. The van der Waals surface area contributed by atoms with Crippen LogP contribution >= 0.6 is 15.9 Å². The number of hydrogen-bond donors (Lipinski definition) is 1. The molecule has 2 rings (SSSR count). The molecule has 15 heavy (non-hydrogen) atoms. The molecule has 1 N–H and O–H groups in total. The third kappa shape index (κ3) is 2.92. The Kier molecular flexibility index (Phi) is 3.59. The van der Waals surface area contributed by atoms with Gasteiger partial charge in [-0.05, 0) is 53.5 Å². The molecule has 1 fully saturated rings. The maximum absolute atomic E-state index is 12.8. The maximum atomic E-state index is 12.8. The summed E-state index contributed by atoms with van der Waals surface area (Å²) in [4.78, 5) is 0. The van der Waals surface area contributed by atoms with Gasteiger partial charge in [-0.15, -0.1) is 0 Å². The lowest BCUT2D eigenvalue weighted by Gasteiger charge is -2.24. The molecule has 0 spiro atoms. The highest BCUT2D eigenvalue weighted by Gasteiger charge is 2.15. The molecule has 1 aliphatic heterocycles. The second-order valence-corrected chi connectivity index (χ2v) is 4.52. The Balaban J connectivity index is 2.03. The first kappa shape index (κ1) is 10.9. The molecule has 1 aromatic carbocycles. The summed E-state index contributed by atoms with van der Waals surface area (Å²) in [6, 6.07) is 4.50. The lowest BCUT2D eigenvalue weighted by atomic mass is 10.1. The monoisotopic (exact) mass is 273 g/mol. The van der Waals surface area contributed by atoms with Crippen molar-refractivity contribution >= 4 is 15.9 Å². The van der Waals surface area contributed by atoms with Gasteiger partial charge in [0.15, 0.2) is 0 Å². The van der Waals surface area contributed by atoms with Crippen molar-refractivity contribution in [3.63, 3.8) is 0 Å². The van der Waals surface area contributed by atoms with Crippen molar-refractivity contribution in [1.82, 2.24) is 5.32 Å². The highest BCUT2D eigenvalue weighted by atomic mass is 79.9. The van der Waals surface area contributed by atoms with E-state index in [9.17, 15) is 4.39 Å². The van der Waals surface area contributed by atoms with Gasteiger partial charge in [-0.2, -0.15) is 0 Å². The third-order valence-corrected chi connectivity index (χ3v) is 3.06. The Hall–Kier alpha value is -0.610. The van der Waals surface area contributed by atoms with E-state index in [1.54, 1.807) is 6.07 Å². The zero-order chi connectivity index (χ0) is 10.7. The van der Waals surface area contributed by atoms with Gasteiger partial charge in [-0.1, -0.05) is 0 Å². The first-order valence-corrected chi connectivity index (χ1v) is 5.87. The van der Waals surface area contributed by atoms with Crippen molar-refractivity contribution in [2.45, 2.75) is 18.9 Å². The fourth-order valence-electron chi connectivity index (χ4n) is 1.67. The Morgan fingerprint density at radius 1 is 1.47 bits per heavy atom. The van der Waals surface area contributed by atoms with Crippen LogP contribution in [0, 0.1) is 5.82 Å². The molecule has 1 heterocycles. The highest BCUT2D eigenvalue weighted by Crippen LogP contribution is 2.27. The molecule has 0 aliphatic carbocycles. The number of halogens is 2. The van der Waals surface area contributed by atoms with E-state index in [4.69, 9.17) is 4.74 Å². The Morgan fingerprint density at radius 3 is 3.00 bits per heavy atom. The fourth-order valence-corrected chi connectivity index (χ4v) is 2.12. The van der Waals surface area contributed by atoms with Crippen LogP contribution in [0.25, 0.3) is 0 Å². The second-order valence-electron chi connectivity index (χ2n) is 3.66. The van der Waals surface area contributed by atoms with Crippen LogP contribution in [0.4, 0.5) is 4.39 Å². The summed E-state index contributed by atoms with van der Waals surface area (Å²) in [6.45, 7) is 1.92. The predicted molar refractivity (Wildman–Crippen MR) is 60.6 cm³/mol. The molecule has 0 aromatic heterocycles. The molecule has 2 nitrogen and oxygen atoms in total. The van der Waals surface area contributed by atoms with Gasteiger partial charge in [0.2, 0.25) is 0 Å². The summed E-state index contributed by atoms with van der Waals surface area (Å²) in [5.74, 6) is 0.459. The van der Waals surface area contributed by atoms with Crippen LogP contribution in [0.5, 0.6) is 5.75 Å². The number of nitrogens with one attached hydrogen (secondary N) is 1. The quantitative estimate of drug-likeness (QED) is 0.895. The van der Waals surface area contributed by atoms with Gasteiger partial charge in [0, 0.05) is 6.54 Å². The average Bonchev–Trinajstić information content (AvgIpc) is 2.24. The highest BCUT2D eigenvalue weighted by molar-refractivity contribution is 9.10. The standard InChI is InChI=1S/C11H13BrFNO/c12-10-6-8(13)3-4-11(10)15-9-2-1-5-14-7-9/h3-4,6,9,14H,1-2,5,7H2/t9-/m0/s1. The first-order chi connectivity index (χ1) is 7.25. The van der Waals surface area contributed by atoms with E-state index in [0.29, 0.717) is 10.2 Å². The van der Waals surface area contributed by atoms with E-state index in [0.717, 1.165) is 25.9 Å². The predicted octanol–water partition coefficient (Wildman–Crippen LogP) is 2.72. The average molecular weight is 274 g/mol. The smallest absolute Gasteiger partial charge is 0.134 e. The van der Waals surface area contributed by atoms with Gasteiger partial charge in [-0.25, -0.2) is 4.39 Å². The maximum Gasteiger partial charge on any atom is 0.134 e. The van der Waals surface area contributed by atoms with E-state index in [2.05, 4.69) is 21.2 Å². The van der Waals surface area contributed by atoms with Crippen LogP contribution in [0.3, 0.4) is 0 Å². The number of hydrogen-bond acceptors (Lipinski definition) is 2. The van der Waals surface area contributed by atoms with Crippen LogP contribution < -0.4 is 10.1 Å². The summed E-state index contributed by atoms with van der Waals surface area (Å²) in [6.07, 6.45) is 2.38. The van der Waals surface area contributed by atoms with Crippen molar-refractivity contribution in [1.29, 1.82) is 0 Å². The Labute approximate surface area is 96.9 Å². The van der Waals surface area contributed by atoms with Gasteiger partial charge in [-0.3, -0.25) is 0 Å². The molecular formula is C11H13BrFNO. The molecule has 4 heteroatoms. The summed E-state index contributed by atoms with van der Waals surface area (Å²) in [5.41, 5.74) is 0. The number of piperidine rings is 1. The molecule has 0 radical (unpaired) electrons. The van der Waals surface area contributed by atoms with Crippen LogP contribution in [-0.2, 0) is 0 Å². The Morgan fingerprint density at radius 2 is 2.33 bits per heavy atom. The van der Waals surface area contributed by atoms with E-state index in [1.165, 1.54) is 12.1 Å². The van der Waals surface area contributed by atoms with E-state index < -0.39 is 0 Å². The summed E-state index contributed by atoms with van der Waals surface area (Å²) in [5, 5.41) is 3.27. The minimum Gasteiger partial charge on any atom is -0.488 e. The first-order valence-electron chi connectivity index (χ1n) is 5.08. The molecule has 0 saturated carbocycles. The summed E-state index contributed by atoms with van der Waals surface area (Å²) >= 11 is 3.29. The SMILES string of the molecule is Fc1ccc(O[C@H]2CCCNC2)c(Br)c1. The normalized spacial score (nSPS) is 21.3. The van der Waals surface area contributed by atoms with Gasteiger partial charge in [0.1, 0.15) is 17.7 Å². The van der Waals surface area contributed by atoms with Crippen molar-refractivity contribution in [3.8, 4) is 5.75 Å². The topological polar surface area (TPSA) is 21.3 Å². The Bertz CT molecular complexity index is 339. The van der Waals surface area contributed by atoms with Gasteiger partial charge in [0.25, 0.3) is 0 Å². The lowest BCUT2D eigenvalue weighted by molar-refractivity contribution is 0.166. The fraction of sp³-hybridized carbons (Fsp3) is 0.455. The summed E-state index contributed by atoms with van der Waals surface area (Å²) in [7, 11) is 0. The molecule has 1 aromatic rings. The number of ether oxygens (including phenoxy) is 1. The summed E-state index contributed by atoms with van der Waals surface area (Å²) < 4.78 is 19.3. The largest absolute Gasteiger partial charge is 0.488 e. The number of benzene rings is 1. The van der Waals surface area contributed by atoms with E-state index in [-0.39, 0.29) is 11.9 Å². The second kappa shape index (κ2) is 4.94. The van der Waals surface area contributed by atoms with Crippen LogP contribution in [-0.4, -0.2) is 19.2 Å². The van der Waals surface area contributed by atoms with E-state index in [1.807, 2.05) is 0 Å². The molecular weight excluding hydrogens is 261 g/mol. The van der Waals surface area contributed by atoms with Crippen molar-refractivity contribution in [2.75, 3.05) is 13.1 Å². The van der Waals surface area contributed by atoms with Crippen molar-refractivity contribution in [2.24, 2.45) is 0 Å². The molecule has 0 unspecified atom stereocenters. The molecule has 1 saturated heterocycles. The minimum atomic E-state index is -0.254. The van der Waals surface area contributed by atoms with E-state index >= 15 is 0 Å².